The molecule has 0 spiro atoms. The molecule has 0 aliphatic rings. The van der Waals surface area contributed by atoms with Gasteiger partial charge in [0, 0.05) is 11.1 Å². The van der Waals surface area contributed by atoms with Gasteiger partial charge in [-0.15, -0.1) is 10.2 Å². The van der Waals surface area contributed by atoms with Gasteiger partial charge in [-0.25, -0.2) is 5.43 Å². The lowest BCUT2D eigenvalue weighted by molar-refractivity contribution is -0.120. The standard InChI is InChI=1S/C27H21N5O2S/c1-17-10-12-18(13-11-17)26(34)29-27-32-31-25(35-27)15-24(33)30-28-16-23-21-8-4-2-6-19(21)14-20-7-3-5-9-22(20)23/h2-14,16H,15H2,1H3,(H,30,33)(H,29,32,34)/b28-16+. The van der Waals surface area contributed by atoms with Crippen molar-refractivity contribution in [3.63, 3.8) is 0 Å². The molecule has 4 aromatic carbocycles. The van der Waals surface area contributed by atoms with Crippen LogP contribution >= 0.6 is 11.3 Å². The summed E-state index contributed by atoms with van der Waals surface area (Å²) < 4.78 is 0. The molecule has 2 amide bonds. The first-order valence-corrected chi connectivity index (χ1v) is 11.8. The summed E-state index contributed by atoms with van der Waals surface area (Å²) in [5, 5.41) is 20.0. The molecule has 0 saturated heterocycles. The van der Waals surface area contributed by atoms with E-state index in [-0.39, 0.29) is 18.2 Å². The smallest absolute Gasteiger partial charge is 0.257 e. The van der Waals surface area contributed by atoms with E-state index >= 15 is 0 Å². The van der Waals surface area contributed by atoms with Gasteiger partial charge in [-0.05, 0) is 46.7 Å². The maximum Gasteiger partial charge on any atom is 0.257 e. The van der Waals surface area contributed by atoms with Crippen LogP contribution in [0.2, 0.25) is 0 Å². The van der Waals surface area contributed by atoms with Crippen molar-refractivity contribution in [2.45, 2.75) is 13.3 Å². The fraction of sp³-hybridized carbons (Fsp3) is 0.0741. The highest BCUT2D eigenvalue weighted by Gasteiger charge is 2.13. The molecule has 0 unspecified atom stereocenters. The number of anilines is 1. The van der Waals surface area contributed by atoms with Crippen LogP contribution < -0.4 is 10.7 Å². The van der Waals surface area contributed by atoms with E-state index in [2.05, 4.69) is 44.2 Å². The maximum absolute atomic E-state index is 12.4. The third-order valence-corrected chi connectivity index (χ3v) is 6.35. The van der Waals surface area contributed by atoms with Gasteiger partial charge >= 0.3 is 0 Å². The third-order valence-electron chi connectivity index (χ3n) is 5.51. The van der Waals surface area contributed by atoms with Crippen molar-refractivity contribution in [2.24, 2.45) is 5.10 Å². The van der Waals surface area contributed by atoms with Crippen LogP contribution in [0.1, 0.15) is 26.5 Å². The van der Waals surface area contributed by atoms with E-state index in [0.29, 0.717) is 15.7 Å². The predicted molar refractivity (Wildman–Crippen MR) is 140 cm³/mol. The Bertz CT molecular complexity index is 1520. The van der Waals surface area contributed by atoms with Crippen LogP contribution in [0.15, 0.2) is 84.0 Å². The van der Waals surface area contributed by atoms with Crippen LogP contribution in [0.5, 0.6) is 0 Å². The monoisotopic (exact) mass is 479 g/mol. The molecular weight excluding hydrogens is 458 g/mol. The summed E-state index contributed by atoms with van der Waals surface area (Å²) in [5.74, 6) is -0.595. The highest BCUT2D eigenvalue weighted by molar-refractivity contribution is 7.15. The number of aryl methyl sites for hydroxylation is 1. The Hall–Kier alpha value is -4.43. The zero-order chi connectivity index (χ0) is 24.2. The SMILES string of the molecule is Cc1ccc(C(=O)Nc2nnc(CC(=O)N/N=C/c3c4ccccc4cc4ccccc34)s2)cc1. The van der Waals surface area contributed by atoms with Crippen molar-refractivity contribution >= 4 is 56.0 Å². The largest absolute Gasteiger partial charge is 0.296 e. The number of rotatable bonds is 6. The van der Waals surface area contributed by atoms with Crippen LogP contribution in [0.25, 0.3) is 21.5 Å². The molecule has 0 fully saturated rings. The summed E-state index contributed by atoms with van der Waals surface area (Å²) >= 11 is 1.15. The van der Waals surface area contributed by atoms with E-state index < -0.39 is 0 Å². The molecule has 0 radical (unpaired) electrons. The lowest BCUT2D eigenvalue weighted by Gasteiger charge is -2.07. The van der Waals surface area contributed by atoms with Gasteiger partial charge in [0.2, 0.25) is 11.0 Å². The fourth-order valence-corrected chi connectivity index (χ4v) is 4.52. The molecule has 1 heterocycles. The molecule has 35 heavy (non-hydrogen) atoms. The van der Waals surface area contributed by atoms with Crippen LogP contribution in [0.4, 0.5) is 5.13 Å². The number of hydrogen-bond acceptors (Lipinski definition) is 6. The third kappa shape index (κ3) is 5.07. The first-order valence-electron chi connectivity index (χ1n) is 11.0. The van der Waals surface area contributed by atoms with E-state index in [1.807, 2.05) is 55.5 Å². The Morgan fingerprint density at radius 2 is 1.57 bits per heavy atom. The average molecular weight is 480 g/mol. The van der Waals surface area contributed by atoms with Gasteiger partial charge in [0.15, 0.2) is 0 Å². The number of fused-ring (bicyclic) bond motifs is 2. The van der Waals surface area contributed by atoms with E-state index in [0.717, 1.165) is 44.0 Å². The van der Waals surface area contributed by atoms with E-state index in [9.17, 15) is 9.59 Å². The molecule has 0 aliphatic heterocycles. The highest BCUT2D eigenvalue weighted by atomic mass is 32.1. The first-order chi connectivity index (χ1) is 17.1. The number of amides is 2. The zero-order valence-corrected chi connectivity index (χ0v) is 19.7. The summed E-state index contributed by atoms with van der Waals surface area (Å²) in [5.41, 5.74) is 5.11. The van der Waals surface area contributed by atoms with Gasteiger partial charge < -0.3 is 0 Å². The molecule has 5 aromatic rings. The Balaban J connectivity index is 1.25. The molecule has 0 atom stereocenters. The van der Waals surface area contributed by atoms with Crippen molar-refractivity contribution < 1.29 is 9.59 Å². The summed E-state index contributed by atoms with van der Waals surface area (Å²) in [4.78, 5) is 24.8. The highest BCUT2D eigenvalue weighted by Crippen LogP contribution is 2.27. The van der Waals surface area contributed by atoms with Crippen molar-refractivity contribution in [3.05, 3.63) is 101 Å². The van der Waals surface area contributed by atoms with Gasteiger partial charge in [0.1, 0.15) is 5.01 Å². The van der Waals surface area contributed by atoms with E-state index in [4.69, 9.17) is 0 Å². The second-order valence-electron chi connectivity index (χ2n) is 8.02. The molecule has 1 aromatic heterocycles. The summed E-state index contributed by atoms with van der Waals surface area (Å²) in [6.45, 7) is 1.96. The number of hydrazone groups is 1. The molecule has 172 valence electrons. The molecule has 7 nitrogen and oxygen atoms in total. The number of carbonyl (C=O) groups excluding carboxylic acids is 2. The van der Waals surface area contributed by atoms with E-state index in [1.165, 1.54) is 0 Å². The van der Waals surface area contributed by atoms with Gasteiger partial charge in [0.25, 0.3) is 5.91 Å². The number of nitrogens with zero attached hydrogens (tertiary/aromatic N) is 3. The number of benzene rings is 4. The van der Waals surface area contributed by atoms with Crippen molar-refractivity contribution in [1.82, 2.24) is 15.6 Å². The summed E-state index contributed by atoms with van der Waals surface area (Å²) in [6.07, 6.45) is 1.68. The minimum atomic E-state index is -0.321. The second kappa shape index (κ2) is 9.82. The molecule has 2 N–H and O–H groups in total. The Morgan fingerprint density at radius 1 is 0.914 bits per heavy atom. The number of aromatic nitrogens is 2. The fourth-order valence-electron chi connectivity index (χ4n) is 3.78. The number of hydrogen-bond donors (Lipinski definition) is 2. The topological polar surface area (TPSA) is 96.3 Å². The lowest BCUT2D eigenvalue weighted by Crippen LogP contribution is -2.19. The minimum Gasteiger partial charge on any atom is -0.296 e. The summed E-state index contributed by atoms with van der Waals surface area (Å²) in [6, 6.07) is 25.5. The maximum atomic E-state index is 12.4. The van der Waals surface area contributed by atoms with Gasteiger partial charge in [-0.2, -0.15) is 5.10 Å². The average Bonchev–Trinajstić information content (AvgIpc) is 3.30. The zero-order valence-electron chi connectivity index (χ0n) is 18.9. The Labute approximate surface area is 205 Å². The van der Waals surface area contributed by atoms with Gasteiger partial charge in [-0.1, -0.05) is 77.6 Å². The van der Waals surface area contributed by atoms with E-state index in [1.54, 1.807) is 18.3 Å². The molecule has 5 rings (SSSR count). The van der Waals surface area contributed by atoms with Crippen LogP contribution in [0, 0.1) is 6.92 Å². The van der Waals surface area contributed by atoms with Crippen LogP contribution in [-0.2, 0) is 11.2 Å². The normalized spacial score (nSPS) is 11.2. The van der Waals surface area contributed by atoms with Crippen molar-refractivity contribution in [1.29, 1.82) is 0 Å². The minimum absolute atomic E-state index is 0.00565. The first kappa shape index (κ1) is 22.4. The summed E-state index contributed by atoms with van der Waals surface area (Å²) in [7, 11) is 0. The van der Waals surface area contributed by atoms with Crippen LogP contribution in [0.3, 0.4) is 0 Å². The Kier molecular flexibility index (Phi) is 6.28. The molecule has 0 saturated carbocycles. The van der Waals surface area contributed by atoms with Gasteiger partial charge in [0.05, 0.1) is 12.6 Å². The quantitative estimate of drug-likeness (QED) is 0.201. The Morgan fingerprint density at radius 3 is 2.26 bits per heavy atom. The second-order valence-corrected chi connectivity index (χ2v) is 9.09. The molecule has 8 heteroatoms. The number of carbonyl (C=O) groups is 2. The molecule has 0 bridgehead atoms. The molecule has 0 aliphatic carbocycles. The molecular formula is C27H21N5O2S. The van der Waals surface area contributed by atoms with Crippen LogP contribution in [-0.4, -0.2) is 28.2 Å². The predicted octanol–water partition coefficient (Wildman–Crippen LogP) is 5.10. The van der Waals surface area contributed by atoms with Crippen molar-refractivity contribution in [3.8, 4) is 0 Å². The number of nitrogens with one attached hydrogen (secondary N) is 2. The lowest BCUT2D eigenvalue weighted by atomic mass is 9.97. The van der Waals surface area contributed by atoms with Gasteiger partial charge in [-0.3, -0.25) is 14.9 Å². The van der Waals surface area contributed by atoms with Crippen molar-refractivity contribution in [2.75, 3.05) is 5.32 Å².